The Bertz CT molecular complexity index is 1350. The van der Waals surface area contributed by atoms with E-state index in [0.717, 1.165) is 17.0 Å². The molecule has 0 spiro atoms. The summed E-state index contributed by atoms with van der Waals surface area (Å²) in [6, 6.07) is 11.6. The summed E-state index contributed by atoms with van der Waals surface area (Å²) in [5, 5.41) is 13.2. The molecular formula is C24H23N3O4. The van der Waals surface area contributed by atoms with Crippen molar-refractivity contribution in [2.75, 3.05) is 5.32 Å². The summed E-state index contributed by atoms with van der Waals surface area (Å²) in [6.07, 6.45) is 1.82. The quantitative estimate of drug-likeness (QED) is 0.489. The van der Waals surface area contributed by atoms with Gasteiger partial charge in [-0.2, -0.15) is 0 Å². The monoisotopic (exact) mass is 417 g/mol. The molecule has 158 valence electrons. The van der Waals surface area contributed by atoms with E-state index >= 15 is 0 Å². The van der Waals surface area contributed by atoms with Crippen LogP contribution >= 0.6 is 0 Å². The molecule has 31 heavy (non-hydrogen) atoms. The zero-order chi connectivity index (χ0) is 22.3. The Hall–Kier alpha value is -3.87. The maximum Gasteiger partial charge on any atom is 0.337 e. The number of anilines is 1. The lowest BCUT2D eigenvalue weighted by molar-refractivity contribution is 0.0698. The number of imidazole rings is 1. The van der Waals surface area contributed by atoms with Gasteiger partial charge in [0.15, 0.2) is 11.2 Å². The first-order valence-electron chi connectivity index (χ1n) is 9.92. The molecule has 7 nitrogen and oxygen atoms in total. The number of aromatic carboxylic acids is 1. The predicted octanol–water partition coefficient (Wildman–Crippen LogP) is 4.68. The summed E-state index contributed by atoms with van der Waals surface area (Å²) in [5.41, 5.74) is 3.25. The second-order valence-electron chi connectivity index (χ2n) is 7.71. The van der Waals surface area contributed by atoms with Crippen molar-refractivity contribution in [2.45, 2.75) is 26.8 Å². The van der Waals surface area contributed by atoms with E-state index in [-0.39, 0.29) is 17.0 Å². The van der Waals surface area contributed by atoms with Crippen LogP contribution < -0.4 is 10.7 Å². The van der Waals surface area contributed by atoms with Gasteiger partial charge >= 0.3 is 5.97 Å². The van der Waals surface area contributed by atoms with Gasteiger partial charge in [-0.1, -0.05) is 18.2 Å². The van der Waals surface area contributed by atoms with Crippen LogP contribution in [0.4, 0.5) is 5.69 Å². The molecule has 0 radical (unpaired) electrons. The lowest BCUT2D eigenvalue weighted by Crippen LogP contribution is -2.12. The van der Waals surface area contributed by atoms with Gasteiger partial charge in [0.25, 0.3) is 0 Å². The number of hydrogen-bond acceptors (Lipinski definition) is 5. The van der Waals surface area contributed by atoms with Gasteiger partial charge in [-0.25, -0.2) is 9.78 Å². The minimum Gasteiger partial charge on any atom is -0.478 e. The fourth-order valence-corrected chi connectivity index (χ4v) is 3.67. The third-order valence-electron chi connectivity index (χ3n) is 5.36. The Morgan fingerprint density at radius 3 is 2.61 bits per heavy atom. The van der Waals surface area contributed by atoms with Gasteiger partial charge in [-0.05, 0) is 44.5 Å². The molecule has 0 saturated carbocycles. The average Bonchev–Trinajstić information content (AvgIpc) is 3.06. The average molecular weight is 417 g/mol. The summed E-state index contributed by atoms with van der Waals surface area (Å²) in [6.45, 7) is 5.70. The Morgan fingerprint density at radius 2 is 1.94 bits per heavy atom. The van der Waals surface area contributed by atoms with E-state index in [0.29, 0.717) is 28.1 Å². The molecule has 2 N–H and O–H groups in total. The number of carboxylic acids is 1. The second kappa shape index (κ2) is 7.75. The number of aryl methyl sites for hydroxylation is 3. The molecular weight excluding hydrogens is 394 g/mol. The van der Waals surface area contributed by atoms with Crippen molar-refractivity contribution in [2.24, 2.45) is 7.05 Å². The molecule has 7 heteroatoms. The van der Waals surface area contributed by atoms with E-state index in [1.807, 2.05) is 44.6 Å². The van der Waals surface area contributed by atoms with E-state index in [4.69, 9.17) is 4.42 Å². The van der Waals surface area contributed by atoms with Gasteiger partial charge in [0.1, 0.15) is 17.1 Å². The molecule has 2 heterocycles. The van der Waals surface area contributed by atoms with E-state index in [2.05, 4.69) is 10.3 Å². The van der Waals surface area contributed by atoms with Crippen molar-refractivity contribution in [3.8, 4) is 11.5 Å². The molecule has 0 bridgehead atoms. The number of nitrogens with one attached hydrogen (secondary N) is 1. The fraction of sp³-hybridized carbons (Fsp3) is 0.208. The number of para-hydroxylation sites is 1. The van der Waals surface area contributed by atoms with Gasteiger partial charge < -0.3 is 19.4 Å². The molecule has 0 aliphatic carbocycles. The molecule has 2 aromatic carbocycles. The van der Waals surface area contributed by atoms with Crippen LogP contribution in [0.5, 0.6) is 0 Å². The van der Waals surface area contributed by atoms with Crippen LogP contribution in [0.3, 0.4) is 0 Å². The number of fused-ring (bicyclic) bond motifs is 1. The fourth-order valence-electron chi connectivity index (χ4n) is 3.67. The highest BCUT2D eigenvalue weighted by Crippen LogP contribution is 2.31. The van der Waals surface area contributed by atoms with E-state index in [9.17, 15) is 14.7 Å². The summed E-state index contributed by atoms with van der Waals surface area (Å²) >= 11 is 0. The van der Waals surface area contributed by atoms with Crippen molar-refractivity contribution >= 4 is 22.6 Å². The van der Waals surface area contributed by atoms with Gasteiger partial charge in [0.2, 0.25) is 0 Å². The van der Waals surface area contributed by atoms with E-state index in [1.165, 1.54) is 6.07 Å². The van der Waals surface area contributed by atoms with Crippen LogP contribution in [0.1, 0.15) is 40.3 Å². The van der Waals surface area contributed by atoms with E-state index < -0.39 is 5.97 Å². The van der Waals surface area contributed by atoms with Crippen LogP contribution in [0.15, 0.2) is 57.9 Å². The first kappa shape index (κ1) is 20.4. The maximum absolute atomic E-state index is 12.9. The summed E-state index contributed by atoms with van der Waals surface area (Å²) in [5.74, 6) is 0.190. The molecule has 0 aliphatic heterocycles. The minimum absolute atomic E-state index is 0.150. The molecule has 0 aliphatic rings. The van der Waals surface area contributed by atoms with Crippen molar-refractivity contribution in [1.29, 1.82) is 0 Å². The number of aromatic nitrogens is 2. The SMILES string of the molecule is Cc1cc([C@@H](C)Nc2ccccc2C(=O)O)c2oc(-c3cn(C)c(C)n3)cc(=O)c2c1. The number of hydrogen-bond donors (Lipinski definition) is 2. The summed E-state index contributed by atoms with van der Waals surface area (Å²) < 4.78 is 8.05. The van der Waals surface area contributed by atoms with Crippen LogP contribution in [0.25, 0.3) is 22.4 Å². The zero-order valence-electron chi connectivity index (χ0n) is 17.8. The molecule has 2 aromatic heterocycles. The number of carbonyl (C=O) groups is 1. The van der Waals surface area contributed by atoms with Crippen molar-refractivity contribution in [3.05, 3.63) is 81.4 Å². The largest absolute Gasteiger partial charge is 0.478 e. The lowest BCUT2D eigenvalue weighted by atomic mass is 10.0. The lowest BCUT2D eigenvalue weighted by Gasteiger charge is -2.19. The minimum atomic E-state index is -1.01. The van der Waals surface area contributed by atoms with Crippen LogP contribution in [-0.2, 0) is 7.05 Å². The number of rotatable bonds is 5. The first-order valence-corrected chi connectivity index (χ1v) is 9.92. The highest BCUT2D eigenvalue weighted by molar-refractivity contribution is 5.94. The standard InChI is InChI=1S/C24H23N3O4/c1-13-9-17(14(2)25-19-8-6-5-7-16(19)24(29)30)23-18(10-13)21(28)11-22(31-23)20-12-27(4)15(3)26-20/h5-12,14,25H,1-4H3,(H,29,30)/t14-/m1/s1. The Kier molecular flexibility index (Phi) is 5.10. The summed E-state index contributed by atoms with van der Waals surface area (Å²) in [4.78, 5) is 28.9. The molecule has 0 fully saturated rings. The molecule has 4 rings (SSSR count). The van der Waals surface area contributed by atoms with Crippen molar-refractivity contribution in [3.63, 3.8) is 0 Å². The van der Waals surface area contributed by atoms with Crippen LogP contribution in [-0.4, -0.2) is 20.6 Å². The van der Waals surface area contributed by atoms with Crippen molar-refractivity contribution < 1.29 is 14.3 Å². The zero-order valence-corrected chi connectivity index (χ0v) is 17.8. The van der Waals surface area contributed by atoms with Crippen LogP contribution in [0, 0.1) is 13.8 Å². The smallest absolute Gasteiger partial charge is 0.337 e. The van der Waals surface area contributed by atoms with Crippen molar-refractivity contribution in [1.82, 2.24) is 9.55 Å². The predicted molar refractivity (Wildman–Crippen MR) is 120 cm³/mol. The third kappa shape index (κ3) is 3.82. The van der Waals surface area contributed by atoms with Gasteiger partial charge in [-0.3, -0.25) is 4.79 Å². The van der Waals surface area contributed by atoms with Gasteiger partial charge in [0, 0.05) is 30.6 Å². The topological polar surface area (TPSA) is 97.4 Å². The van der Waals surface area contributed by atoms with Gasteiger partial charge in [0.05, 0.1) is 17.0 Å². The van der Waals surface area contributed by atoms with E-state index in [1.54, 1.807) is 30.3 Å². The molecule has 0 unspecified atom stereocenters. The first-order chi connectivity index (χ1) is 14.7. The third-order valence-corrected chi connectivity index (χ3v) is 5.36. The van der Waals surface area contributed by atoms with Gasteiger partial charge in [-0.15, -0.1) is 0 Å². The highest BCUT2D eigenvalue weighted by atomic mass is 16.4. The molecule has 1 atom stereocenters. The van der Waals surface area contributed by atoms with Crippen LogP contribution in [0.2, 0.25) is 0 Å². The second-order valence-corrected chi connectivity index (χ2v) is 7.71. The number of nitrogens with zero attached hydrogens (tertiary/aromatic N) is 2. The summed E-state index contributed by atoms with van der Waals surface area (Å²) in [7, 11) is 1.88. The maximum atomic E-state index is 12.9. The molecule has 0 amide bonds. The number of carboxylic acid groups (broad SMARTS) is 1. The molecule has 0 saturated heterocycles. The highest BCUT2D eigenvalue weighted by Gasteiger charge is 2.19. The Labute approximate surface area is 179 Å². The number of benzene rings is 2. The molecule has 4 aromatic rings. The Morgan fingerprint density at radius 1 is 1.19 bits per heavy atom. The Balaban J connectivity index is 1.85. The normalized spacial score (nSPS) is 12.1.